The van der Waals surface area contributed by atoms with E-state index in [9.17, 15) is 4.79 Å². The Morgan fingerprint density at radius 3 is 2.50 bits per heavy atom. The summed E-state index contributed by atoms with van der Waals surface area (Å²) in [7, 11) is 0. The molecule has 1 aromatic heterocycles. The van der Waals surface area contributed by atoms with Crippen LogP contribution in [0.15, 0.2) is 52.9 Å². The molecule has 1 aliphatic rings. The summed E-state index contributed by atoms with van der Waals surface area (Å²) in [4.78, 5) is 16.9. The smallest absolute Gasteiger partial charge is 0.289 e. The third-order valence-corrected chi connectivity index (χ3v) is 6.35. The first kappa shape index (κ1) is 23.0. The summed E-state index contributed by atoms with van der Waals surface area (Å²) in [6, 6.07) is 14.6. The van der Waals surface area contributed by atoms with Crippen LogP contribution in [0.25, 0.3) is 0 Å². The lowest BCUT2D eigenvalue weighted by Gasteiger charge is -2.34. The molecule has 8 heteroatoms. The molecule has 3 aromatic rings. The highest BCUT2D eigenvalue weighted by molar-refractivity contribution is 6.35. The van der Waals surface area contributed by atoms with E-state index in [2.05, 4.69) is 4.90 Å². The maximum atomic E-state index is 12.9. The van der Waals surface area contributed by atoms with Crippen molar-refractivity contribution in [2.24, 2.45) is 0 Å². The third-order valence-electron chi connectivity index (χ3n) is 5.46. The van der Waals surface area contributed by atoms with Gasteiger partial charge in [0.15, 0.2) is 5.76 Å². The molecule has 1 fully saturated rings. The summed E-state index contributed by atoms with van der Waals surface area (Å²) in [5.41, 5.74) is 1.97. The van der Waals surface area contributed by atoms with Gasteiger partial charge in [-0.25, -0.2) is 0 Å². The highest BCUT2D eigenvalue weighted by Crippen LogP contribution is 2.29. The van der Waals surface area contributed by atoms with Gasteiger partial charge in [0.25, 0.3) is 5.91 Å². The number of nitrogens with zero attached hydrogens (tertiary/aromatic N) is 2. The second-order valence-electron chi connectivity index (χ2n) is 7.74. The number of para-hydroxylation sites is 1. The SMILES string of the molecule is Cc1cccc(Cl)c1OCc1ccc(C(=O)N2CCN(Cc3ccc(Cl)cc3Cl)CC2)o1. The predicted molar refractivity (Wildman–Crippen MR) is 127 cm³/mol. The van der Waals surface area contributed by atoms with Gasteiger partial charge in [-0.15, -0.1) is 0 Å². The minimum Gasteiger partial charge on any atom is -0.484 e. The highest BCUT2D eigenvalue weighted by atomic mass is 35.5. The number of furan rings is 1. The van der Waals surface area contributed by atoms with Crippen LogP contribution in [0, 0.1) is 6.92 Å². The fraction of sp³-hybridized carbons (Fsp3) is 0.292. The fourth-order valence-electron chi connectivity index (χ4n) is 3.67. The number of aryl methyl sites for hydroxylation is 1. The zero-order chi connectivity index (χ0) is 22.7. The molecule has 0 unspecified atom stereocenters. The van der Waals surface area contributed by atoms with Gasteiger partial charge in [-0.1, -0.05) is 53.0 Å². The summed E-state index contributed by atoms with van der Waals surface area (Å²) in [6.45, 7) is 5.61. The van der Waals surface area contributed by atoms with E-state index in [4.69, 9.17) is 44.0 Å². The molecule has 168 valence electrons. The molecule has 0 bridgehead atoms. The number of halogens is 3. The fourth-order valence-corrected chi connectivity index (χ4v) is 4.41. The van der Waals surface area contributed by atoms with E-state index in [1.165, 1.54) is 0 Å². The summed E-state index contributed by atoms with van der Waals surface area (Å²) in [5, 5.41) is 1.83. The number of amides is 1. The predicted octanol–water partition coefficient (Wildman–Crippen LogP) is 6.09. The van der Waals surface area contributed by atoms with Gasteiger partial charge in [-0.2, -0.15) is 0 Å². The molecule has 1 aliphatic heterocycles. The Kier molecular flexibility index (Phi) is 7.31. The monoisotopic (exact) mass is 492 g/mol. The van der Waals surface area contributed by atoms with Gasteiger partial charge in [-0.3, -0.25) is 9.69 Å². The van der Waals surface area contributed by atoms with E-state index in [1.807, 2.05) is 36.1 Å². The quantitative estimate of drug-likeness (QED) is 0.417. The van der Waals surface area contributed by atoms with E-state index in [-0.39, 0.29) is 12.5 Å². The lowest BCUT2D eigenvalue weighted by molar-refractivity contribution is 0.0594. The van der Waals surface area contributed by atoms with Crippen LogP contribution in [0.2, 0.25) is 15.1 Å². The molecule has 2 heterocycles. The van der Waals surface area contributed by atoms with Crippen LogP contribution in [-0.2, 0) is 13.2 Å². The molecule has 0 saturated carbocycles. The van der Waals surface area contributed by atoms with Gasteiger partial charge >= 0.3 is 0 Å². The zero-order valence-electron chi connectivity index (χ0n) is 17.6. The van der Waals surface area contributed by atoms with Gasteiger partial charge in [0.1, 0.15) is 18.1 Å². The molecular weight excluding hydrogens is 471 g/mol. The second kappa shape index (κ2) is 10.2. The average Bonchev–Trinajstić information content (AvgIpc) is 3.24. The number of ether oxygens (including phenoxy) is 1. The maximum Gasteiger partial charge on any atom is 0.289 e. The van der Waals surface area contributed by atoms with Crippen LogP contribution in [0.3, 0.4) is 0 Å². The molecule has 0 radical (unpaired) electrons. The number of hydrogen-bond donors (Lipinski definition) is 0. The largest absolute Gasteiger partial charge is 0.484 e. The number of carbonyl (C=O) groups excluding carboxylic acids is 1. The van der Waals surface area contributed by atoms with Crippen molar-refractivity contribution < 1.29 is 13.9 Å². The van der Waals surface area contributed by atoms with Gasteiger partial charge in [0.05, 0.1) is 5.02 Å². The van der Waals surface area contributed by atoms with Crippen molar-refractivity contribution in [2.45, 2.75) is 20.1 Å². The average molecular weight is 494 g/mol. The lowest BCUT2D eigenvalue weighted by Crippen LogP contribution is -2.48. The van der Waals surface area contributed by atoms with Gasteiger partial charge in [-0.05, 0) is 48.4 Å². The number of piperazine rings is 1. The number of rotatable bonds is 6. The van der Waals surface area contributed by atoms with E-state index < -0.39 is 0 Å². The molecule has 1 saturated heterocycles. The Morgan fingerprint density at radius 1 is 1.00 bits per heavy atom. The maximum absolute atomic E-state index is 12.9. The van der Waals surface area contributed by atoms with E-state index in [1.54, 1.807) is 24.3 Å². The summed E-state index contributed by atoms with van der Waals surface area (Å²) in [6.07, 6.45) is 0. The standard InChI is InChI=1S/C24H23Cl3N2O3/c1-16-3-2-4-20(26)23(16)31-15-19-7-8-22(32-19)24(30)29-11-9-28(10-12-29)14-17-5-6-18(25)13-21(17)27/h2-8,13H,9-12,14-15H2,1H3. The van der Waals surface area contributed by atoms with E-state index >= 15 is 0 Å². The Morgan fingerprint density at radius 2 is 1.78 bits per heavy atom. The first-order valence-electron chi connectivity index (χ1n) is 10.3. The van der Waals surface area contributed by atoms with Crippen LogP contribution in [0.5, 0.6) is 5.75 Å². The third kappa shape index (κ3) is 5.41. The van der Waals surface area contributed by atoms with Crippen LogP contribution in [-0.4, -0.2) is 41.9 Å². The van der Waals surface area contributed by atoms with E-state index in [0.29, 0.717) is 45.4 Å². The molecule has 2 aromatic carbocycles. The molecular formula is C24H23Cl3N2O3. The molecule has 0 atom stereocenters. The Hall–Kier alpha value is -2.18. The minimum absolute atomic E-state index is 0.116. The second-order valence-corrected chi connectivity index (χ2v) is 9.00. The van der Waals surface area contributed by atoms with Crippen molar-refractivity contribution in [1.82, 2.24) is 9.80 Å². The first-order chi connectivity index (χ1) is 15.4. The normalized spacial score (nSPS) is 14.6. The van der Waals surface area contributed by atoms with Crippen LogP contribution in [0.4, 0.5) is 0 Å². The van der Waals surface area contributed by atoms with Crippen molar-refractivity contribution >= 4 is 40.7 Å². The minimum atomic E-state index is -0.116. The molecule has 4 rings (SSSR count). The Bertz CT molecular complexity index is 1090. The summed E-state index contributed by atoms with van der Waals surface area (Å²) >= 11 is 18.5. The molecule has 0 spiro atoms. The van der Waals surface area contributed by atoms with Crippen molar-refractivity contribution in [2.75, 3.05) is 26.2 Å². The molecule has 0 aliphatic carbocycles. The molecule has 0 N–H and O–H groups in total. The topological polar surface area (TPSA) is 45.9 Å². The van der Waals surface area contributed by atoms with Crippen molar-refractivity contribution in [3.8, 4) is 5.75 Å². The van der Waals surface area contributed by atoms with Crippen molar-refractivity contribution in [1.29, 1.82) is 0 Å². The van der Waals surface area contributed by atoms with Gasteiger partial charge in [0.2, 0.25) is 0 Å². The summed E-state index contributed by atoms with van der Waals surface area (Å²) in [5.74, 6) is 1.39. The number of benzene rings is 2. The van der Waals surface area contributed by atoms with Crippen LogP contribution >= 0.6 is 34.8 Å². The number of hydrogen-bond acceptors (Lipinski definition) is 4. The Labute approximate surface area is 202 Å². The van der Waals surface area contributed by atoms with Crippen molar-refractivity contribution in [3.63, 3.8) is 0 Å². The molecule has 5 nitrogen and oxygen atoms in total. The van der Waals surface area contributed by atoms with E-state index in [0.717, 1.165) is 30.8 Å². The number of carbonyl (C=O) groups is 1. The first-order valence-corrected chi connectivity index (χ1v) is 11.5. The highest BCUT2D eigenvalue weighted by Gasteiger charge is 2.24. The Balaban J connectivity index is 1.30. The zero-order valence-corrected chi connectivity index (χ0v) is 19.9. The van der Waals surface area contributed by atoms with Gasteiger partial charge < -0.3 is 14.1 Å². The van der Waals surface area contributed by atoms with Crippen LogP contribution < -0.4 is 4.74 Å². The van der Waals surface area contributed by atoms with Crippen molar-refractivity contribution in [3.05, 3.63) is 86.2 Å². The summed E-state index contributed by atoms with van der Waals surface area (Å²) < 4.78 is 11.6. The molecule has 32 heavy (non-hydrogen) atoms. The van der Waals surface area contributed by atoms with Gasteiger partial charge in [0, 0.05) is 42.8 Å². The molecule has 1 amide bonds. The van der Waals surface area contributed by atoms with Crippen LogP contribution in [0.1, 0.15) is 27.4 Å². The lowest BCUT2D eigenvalue weighted by atomic mass is 10.2.